The molecule has 3 atom stereocenters. The van der Waals surface area contributed by atoms with E-state index in [4.69, 9.17) is 0 Å². The maximum Gasteiger partial charge on any atom is 0.101 e. The molecule has 3 rings (SSSR count). The summed E-state index contributed by atoms with van der Waals surface area (Å²) in [7, 11) is 0. The first kappa shape index (κ1) is 13.9. The molecule has 1 aromatic rings. The SMILES string of the molecule is CC12CCC(C1)C(C)(C)C2Nc1ccc(Br)cc1C#N. The Morgan fingerprint density at radius 2 is 2.10 bits per heavy atom. The number of nitriles is 1. The molecule has 2 nitrogen and oxygen atoms in total. The van der Waals surface area contributed by atoms with Crippen LogP contribution in [0.5, 0.6) is 0 Å². The third-order valence-corrected chi connectivity index (χ3v) is 6.16. The van der Waals surface area contributed by atoms with Gasteiger partial charge in [0.25, 0.3) is 0 Å². The second-order valence-electron chi connectivity index (χ2n) is 7.29. The van der Waals surface area contributed by atoms with Gasteiger partial charge in [-0.25, -0.2) is 0 Å². The fourth-order valence-electron chi connectivity index (χ4n) is 4.55. The second kappa shape index (κ2) is 4.49. The summed E-state index contributed by atoms with van der Waals surface area (Å²) in [5, 5.41) is 13.0. The molecule has 0 amide bonds. The number of hydrogen-bond donors (Lipinski definition) is 1. The number of halogens is 1. The van der Waals surface area contributed by atoms with Crippen LogP contribution < -0.4 is 5.32 Å². The number of rotatable bonds is 2. The van der Waals surface area contributed by atoms with Gasteiger partial charge in [-0.15, -0.1) is 0 Å². The Kier molecular flexibility index (Phi) is 3.14. The van der Waals surface area contributed by atoms with Crippen LogP contribution in [0.4, 0.5) is 5.69 Å². The highest BCUT2D eigenvalue weighted by molar-refractivity contribution is 9.10. The predicted octanol–water partition coefficient (Wildman–Crippen LogP) is 4.95. The van der Waals surface area contributed by atoms with E-state index in [2.05, 4.69) is 48.1 Å². The lowest BCUT2D eigenvalue weighted by Crippen LogP contribution is -2.45. The van der Waals surface area contributed by atoms with Crippen molar-refractivity contribution in [3.8, 4) is 6.07 Å². The molecule has 0 heterocycles. The normalized spacial score (nSPS) is 34.0. The molecular weight excluding hydrogens is 312 g/mol. The largest absolute Gasteiger partial charge is 0.380 e. The minimum Gasteiger partial charge on any atom is -0.380 e. The van der Waals surface area contributed by atoms with Crippen LogP contribution in [0.15, 0.2) is 22.7 Å². The standard InChI is InChI=1S/C17H21BrN2/c1-16(2)12-6-7-17(3,9-12)15(16)20-14-5-4-13(18)8-11(14)10-19/h4-5,8,12,15,20H,6-7,9H2,1-3H3. The molecule has 106 valence electrons. The molecule has 0 aliphatic heterocycles. The van der Waals surface area contributed by atoms with Crippen molar-refractivity contribution < 1.29 is 0 Å². The van der Waals surface area contributed by atoms with Gasteiger partial charge in [0.1, 0.15) is 6.07 Å². The molecule has 2 aliphatic carbocycles. The quantitative estimate of drug-likeness (QED) is 0.831. The lowest BCUT2D eigenvalue weighted by Gasteiger charge is -2.43. The summed E-state index contributed by atoms with van der Waals surface area (Å²) >= 11 is 3.44. The first-order valence-corrected chi connectivity index (χ1v) is 8.12. The van der Waals surface area contributed by atoms with E-state index in [1.54, 1.807) is 0 Å². The zero-order chi connectivity index (χ0) is 14.5. The minimum atomic E-state index is 0.298. The Morgan fingerprint density at radius 1 is 1.35 bits per heavy atom. The number of benzene rings is 1. The fourth-order valence-corrected chi connectivity index (χ4v) is 4.91. The van der Waals surface area contributed by atoms with Crippen molar-refractivity contribution in [2.45, 2.75) is 46.1 Å². The van der Waals surface area contributed by atoms with E-state index >= 15 is 0 Å². The Bertz CT molecular complexity index is 582. The minimum absolute atomic E-state index is 0.298. The second-order valence-corrected chi connectivity index (χ2v) is 8.21. The van der Waals surface area contributed by atoms with Gasteiger partial charge in [0, 0.05) is 10.5 Å². The maximum atomic E-state index is 9.33. The summed E-state index contributed by atoms with van der Waals surface area (Å²) in [6.07, 6.45) is 3.97. The molecule has 2 fully saturated rings. The molecule has 20 heavy (non-hydrogen) atoms. The zero-order valence-corrected chi connectivity index (χ0v) is 13.9. The Hall–Kier alpha value is -1.01. The van der Waals surface area contributed by atoms with Crippen molar-refractivity contribution in [2.24, 2.45) is 16.7 Å². The van der Waals surface area contributed by atoms with Crippen LogP contribution in [-0.4, -0.2) is 6.04 Å². The first-order valence-electron chi connectivity index (χ1n) is 7.33. The summed E-state index contributed by atoms with van der Waals surface area (Å²) in [6.45, 7) is 7.17. The molecule has 3 heteroatoms. The Balaban J connectivity index is 1.94. The van der Waals surface area contributed by atoms with Crippen LogP contribution in [0.25, 0.3) is 0 Å². The van der Waals surface area contributed by atoms with Gasteiger partial charge in [-0.1, -0.05) is 36.7 Å². The van der Waals surface area contributed by atoms with Crippen LogP contribution in [-0.2, 0) is 0 Å². The lowest BCUT2D eigenvalue weighted by molar-refractivity contribution is 0.155. The monoisotopic (exact) mass is 332 g/mol. The van der Waals surface area contributed by atoms with Crippen molar-refractivity contribution in [3.05, 3.63) is 28.2 Å². The summed E-state index contributed by atoms with van der Waals surface area (Å²) in [4.78, 5) is 0. The van der Waals surface area contributed by atoms with E-state index in [9.17, 15) is 5.26 Å². The van der Waals surface area contributed by atoms with E-state index < -0.39 is 0 Å². The third kappa shape index (κ3) is 1.97. The highest BCUT2D eigenvalue weighted by Gasteiger charge is 2.59. The van der Waals surface area contributed by atoms with Gasteiger partial charge in [-0.2, -0.15) is 5.26 Å². The highest BCUT2D eigenvalue weighted by Crippen LogP contribution is 2.63. The van der Waals surface area contributed by atoms with Gasteiger partial charge in [-0.05, 0) is 54.2 Å². The van der Waals surface area contributed by atoms with Crippen molar-refractivity contribution in [1.82, 2.24) is 0 Å². The van der Waals surface area contributed by atoms with Crippen molar-refractivity contribution in [1.29, 1.82) is 5.26 Å². The molecule has 3 unspecified atom stereocenters. The van der Waals surface area contributed by atoms with E-state index in [0.29, 0.717) is 16.9 Å². The molecule has 2 bridgehead atoms. The molecule has 1 N–H and O–H groups in total. The summed E-state index contributed by atoms with van der Waals surface area (Å²) < 4.78 is 0.956. The average molecular weight is 333 g/mol. The van der Waals surface area contributed by atoms with Gasteiger partial charge in [-0.3, -0.25) is 0 Å². The van der Waals surface area contributed by atoms with Gasteiger partial charge in [0.2, 0.25) is 0 Å². The number of nitrogens with zero attached hydrogens (tertiary/aromatic N) is 1. The van der Waals surface area contributed by atoms with E-state index in [1.165, 1.54) is 19.3 Å². The van der Waals surface area contributed by atoms with E-state index in [1.807, 2.05) is 18.2 Å². The van der Waals surface area contributed by atoms with Crippen LogP contribution >= 0.6 is 15.9 Å². The Morgan fingerprint density at radius 3 is 2.70 bits per heavy atom. The number of hydrogen-bond acceptors (Lipinski definition) is 2. The van der Waals surface area contributed by atoms with Crippen molar-refractivity contribution in [2.75, 3.05) is 5.32 Å². The molecule has 2 aliphatic rings. The van der Waals surface area contributed by atoms with E-state index in [0.717, 1.165) is 21.6 Å². The topological polar surface area (TPSA) is 35.8 Å². The van der Waals surface area contributed by atoms with Gasteiger partial charge >= 0.3 is 0 Å². The number of fused-ring (bicyclic) bond motifs is 2. The Labute approximate surface area is 129 Å². The summed E-state index contributed by atoms with van der Waals surface area (Å²) in [5.74, 6) is 0.811. The maximum absolute atomic E-state index is 9.33. The predicted molar refractivity (Wildman–Crippen MR) is 85.5 cm³/mol. The molecule has 0 spiro atoms. The van der Waals surface area contributed by atoms with E-state index in [-0.39, 0.29) is 0 Å². The van der Waals surface area contributed by atoms with Gasteiger partial charge < -0.3 is 5.32 Å². The summed E-state index contributed by atoms with van der Waals surface area (Å²) in [6, 6.07) is 8.67. The molecule has 1 aromatic carbocycles. The third-order valence-electron chi connectivity index (χ3n) is 5.67. The van der Waals surface area contributed by atoms with Gasteiger partial charge in [0.15, 0.2) is 0 Å². The number of nitrogens with one attached hydrogen (secondary N) is 1. The highest BCUT2D eigenvalue weighted by atomic mass is 79.9. The van der Waals surface area contributed by atoms with Crippen LogP contribution in [0.1, 0.15) is 45.6 Å². The van der Waals surface area contributed by atoms with Crippen LogP contribution in [0.3, 0.4) is 0 Å². The molecular formula is C17H21BrN2. The fraction of sp³-hybridized carbons (Fsp3) is 0.588. The molecule has 0 saturated heterocycles. The average Bonchev–Trinajstić information content (AvgIpc) is 2.87. The first-order chi connectivity index (χ1) is 9.37. The molecule has 0 aromatic heterocycles. The van der Waals surface area contributed by atoms with Crippen molar-refractivity contribution >= 4 is 21.6 Å². The van der Waals surface area contributed by atoms with Crippen molar-refractivity contribution in [3.63, 3.8) is 0 Å². The zero-order valence-electron chi connectivity index (χ0n) is 12.3. The van der Waals surface area contributed by atoms with Gasteiger partial charge in [0.05, 0.1) is 11.3 Å². The summed E-state index contributed by atoms with van der Waals surface area (Å²) in [5.41, 5.74) is 2.37. The van der Waals surface area contributed by atoms with Crippen LogP contribution in [0.2, 0.25) is 0 Å². The number of anilines is 1. The molecule has 2 saturated carbocycles. The van der Waals surface area contributed by atoms with Crippen LogP contribution in [0, 0.1) is 28.1 Å². The lowest BCUT2D eigenvalue weighted by atomic mass is 9.68. The smallest absolute Gasteiger partial charge is 0.101 e. The molecule has 0 radical (unpaired) electrons.